The first-order valence-corrected chi connectivity index (χ1v) is 4.95. The SMILES string of the molecule is O=C1CCC(=O)N1C1CC[CH]CC1. The van der Waals surface area contributed by atoms with E-state index in [9.17, 15) is 9.59 Å². The number of rotatable bonds is 1. The molecule has 1 radical (unpaired) electrons. The molecule has 0 spiro atoms. The highest BCUT2D eigenvalue weighted by atomic mass is 16.2. The lowest BCUT2D eigenvalue weighted by Gasteiger charge is -2.29. The Labute approximate surface area is 78.1 Å². The standard InChI is InChI=1S/C10H14NO2/c12-9-6-7-10(13)11(9)8-4-2-1-3-5-8/h1,8H,2-7H2. The van der Waals surface area contributed by atoms with E-state index < -0.39 is 0 Å². The summed E-state index contributed by atoms with van der Waals surface area (Å²) in [5.74, 6) is 0.0776. The van der Waals surface area contributed by atoms with Crippen molar-refractivity contribution in [2.24, 2.45) is 0 Å². The molecule has 2 fully saturated rings. The molecule has 0 atom stereocenters. The fraction of sp³-hybridized carbons (Fsp3) is 0.700. The molecule has 1 saturated heterocycles. The normalized spacial score (nSPS) is 25.7. The first-order chi connectivity index (χ1) is 6.29. The van der Waals surface area contributed by atoms with Gasteiger partial charge in [0.15, 0.2) is 0 Å². The van der Waals surface area contributed by atoms with E-state index in [0.29, 0.717) is 12.8 Å². The summed E-state index contributed by atoms with van der Waals surface area (Å²) in [7, 11) is 0. The van der Waals surface area contributed by atoms with Crippen molar-refractivity contribution in [3.05, 3.63) is 6.42 Å². The van der Waals surface area contributed by atoms with Gasteiger partial charge in [0, 0.05) is 18.9 Å². The van der Waals surface area contributed by atoms with E-state index in [1.165, 1.54) is 4.90 Å². The predicted molar refractivity (Wildman–Crippen MR) is 47.6 cm³/mol. The Hall–Kier alpha value is -0.860. The molecule has 0 unspecified atom stereocenters. The second-order valence-corrected chi connectivity index (χ2v) is 3.75. The topological polar surface area (TPSA) is 37.4 Å². The van der Waals surface area contributed by atoms with Crippen molar-refractivity contribution in [2.45, 2.75) is 44.6 Å². The number of hydrogen-bond donors (Lipinski definition) is 0. The molecule has 1 aliphatic carbocycles. The molecular weight excluding hydrogens is 166 g/mol. The molecule has 0 N–H and O–H groups in total. The highest BCUT2D eigenvalue weighted by Crippen LogP contribution is 2.26. The van der Waals surface area contributed by atoms with Crippen LogP contribution in [0.4, 0.5) is 0 Å². The van der Waals surface area contributed by atoms with Crippen LogP contribution in [0.3, 0.4) is 0 Å². The van der Waals surface area contributed by atoms with Gasteiger partial charge in [-0.15, -0.1) is 0 Å². The largest absolute Gasteiger partial charge is 0.280 e. The molecule has 13 heavy (non-hydrogen) atoms. The summed E-state index contributed by atoms with van der Waals surface area (Å²) in [4.78, 5) is 24.3. The third-order valence-electron chi connectivity index (χ3n) is 2.86. The summed E-state index contributed by atoms with van der Waals surface area (Å²) in [6, 6.07) is 0.201. The molecular formula is C10H14NO2. The Morgan fingerprint density at radius 1 is 1.08 bits per heavy atom. The van der Waals surface area contributed by atoms with Gasteiger partial charge in [-0.3, -0.25) is 14.5 Å². The van der Waals surface area contributed by atoms with Crippen molar-refractivity contribution >= 4 is 11.8 Å². The van der Waals surface area contributed by atoms with Crippen LogP contribution in [0.1, 0.15) is 38.5 Å². The van der Waals surface area contributed by atoms with E-state index >= 15 is 0 Å². The third-order valence-corrected chi connectivity index (χ3v) is 2.86. The van der Waals surface area contributed by atoms with Gasteiger partial charge < -0.3 is 0 Å². The maximum atomic E-state index is 11.4. The first kappa shape index (κ1) is 8.73. The number of nitrogens with zero attached hydrogens (tertiary/aromatic N) is 1. The van der Waals surface area contributed by atoms with Gasteiger partial charge in [-0.1, -0.05) is 0 Å². The lowest BCUT2D eigenvalue weighted by Crippen LogP contribution is -2.40. The van der Waals surface area contributed by atoms with Crippen molar-refractivity contribution in [3.8, 4) is 0 Å². The molecule has 0 aromatic rings. The first-order valence-electron chi connectivity index (χ1n) is 4.95. The van der Waals surface area contributed by atoms with Gasteiger partial charge in [0.05, 0.1) is 0 Å². The molecule has 2 aliphatic rings. The molecule has 71 valence electrons. The van der Waals surface area contributed by atoms with E-state index in [-0.39, 0.29) is 17.9 Å². The lowest BCUT2D eigenvalue weighted by molar-refractivity contribution is -0.141. The number of imide groups is 1. The second kappa shape index (κ2) is 3.48. The van der Waals surface area contributed by atoms with Gasteiger partial charge in [-0.2, -0.15) is 0 Å². The zero-order valence-corrected chi connectivity index (χ0v) is 7.66. The average molecular weight is 180 g/mol. The van der Waals surface area contributed by atoms with Crippen LogP contribution < -0.4 is 0 Å². The monoisotopic (exact) mass is 180 g/mol. The number of carbonyl (C=O) groups is 2. The summed E-state index contributed by atoms with van der Waals surface area (Å²) >= 11 is 0. The number of hydrogen-bond acceptors (Lipinski definition) is 2. The van der Waals surface area contributed by atoms with Gasteiger partial charge in [0.25, 0.3) is 0 Å². The van der Waals surface area contributed by atoms with Crippen molar-refractivity contribution in [3.63, 3.8) is 0 Å². The second-order valence-electron chi connectivity index (χ2n) is 3.75. The maximum Gasteiger partial charge on any atom is 0.229 e. The van der Waals surface area contributed by atoms with Crippen LogP contribution >= 0.6 is 0 Å². The minimum Gasteiger partial charge on any atom is -0.280 e. The number of amides is 2. The molecule has 0 bridgehead atoms. The van der Waals surface area contributed by atoms with E-state index in [2.05, 4.69) is 6.42 Å². The van der Waals surface area contributed by atoms with Gasteiger partial charge in [0.2, 0.25) is 11.8 Å². The summed E-state index contributed by atoms with van der Waals surface area (Å²) in [6.45, 7) is 0. The Morgan fingerprint density at radius 2 is 1.62 bits per heavy atom. The molecule has 3 nitrogen and oxygen atoms in total. The molecule has 0 aromatic heterocycles. The summed E-state index contributed by atoms with van der Waals surface area (Å²) in [5.41, 5.74) is 0. The predicted octanol–water partition coefficient (Wildman–Crippen LogP) is 1.28. The van der Waals surface area contributed by atoms with Gasteiger partial charge in [-0.25, -0.2) is 0 Å². The van der Waals surface area contributed by atoms with E-state index in [0.717, 1.165) is 25.7 Å². The average Bonchev–Trinajstić information content (AvgIpc) is 2.48. The van der Waals surface area contributed by atoms with Crippen LogP contribution in [0.5, 0.6) is 0 Å². The summed E-state index contributed by atoms with van der Waals surface area (Å²) in [5, 5.41) is 0. The number of carbonyl (C=O) groups excluding carboxylic acids is 2. The quantitative estimate of drug-likeness (QED) is 0.570. The van der Waals surface area contributed by atoms with Gasteiger partial charge >= 0.3 is 0 Å². The fourth-order valence-electron chi connectivity index (χ4n) is 2.17. The molecule has 1 aliphatic heterocycles. The third kappa shape index (κ3) is 1.60. The molecule has 1 heterocycles. The summed E-state index contributed by atoms with van der Waals surface area (Å²) < 4.78 is 0. The maximum absolute atomic E-state index is 11.4. The van der Waals surface area contributed by atoms with Crippen LogP contribution in [0.2, 0.25) is 0 Å². The zero-order chi connectivity index (χ0) is 9.26. The highest BCUT2D eigenvalue weighted by molar-refractivity contribution is 6.02. The Morgan fingerprint density at radius 3 is 2.15 bits per heavy atom. The minimum absolute atomic E-state index is 0.0388. The molecule has 1 saturated carbocycles. The molecule has 2 rings (SSSR count). The van der Waals surface area contributed by atoms with E-state index in [1.54, 1.807) is 0 Å². The molecule has 3 heteroatoms. The zero-order valence-electron chi connectivity index (χ0n) is 7.66. The van der Waals surface area contributed by atoms with Crippen LogP contribution in [0.15, 0.2) is 0 Å². The Kier molecular flexibility index (Phi) is 2.34. The minimum atomic E-state index is 0.0388. The van der Waals surface area contributed by atoms with Crippen molar-refractivity contribution < 1.29 is 9.59 Å². The van der Waals surface area contributed by atoms with Crippen molar-refractivity contribution in [1.29, 1.82) is 0 Å². The Bertz CT molecular complexity index is 215. The molecule has 2 amide bonds. The number of likely N-dealkylation sites (tertiary alicyclic amines) is 1. The van der Waals surface area contributed by atoms with Crippen molar-refractivity contribution in [2.75, 3.05) is 0 Å². The van der Waals surface area contributed by atoms with Crippen LogP contribution in [-0.4, -0.2) is 22.8 Å². The van der Waals surface area contributed by atoms with Crippen LogP contribution in [0, 0.1) is 6.42 Å². The van der Waals surface area contributed by atoms with Gasteiger partial charge in [-0.05, 0) is 32.1 Å². The fourth-order valence-corrected chi connectivity index (χ4v) is 2.17. The molecule has 0 aromatic carbocycles. The lowest BCUT2D eigenvalue weighted by atomic mass is 9.94. The van der Waals surface area contributed by atoms with Gasteiger partial charge in [0.1, 0.15) is 0 Å². The van der Waals surface area contributed by atoms with Crippen LogP contribution in [0.25, 0.3) is 0 Å². The summed E-state index contributed by atoms with van der Waals surface area (Å²) in [6.07, 6.45) is 7.12. The van der Waals surface area contributed by atoms with E-state index in [4.69, 9.17) is 0 Å². The van der Waals surface area contributed by atoms with E-state index in [1.807, 2.05) is 0 Å². The Balaban J connectivity index is 2.05. The highest BCUT2D eigenvalue weighted by Gasteiger charge is 2.35. The smallest absolute Gasteiger partial charge is 0.229 e. The van der Waals surface area contributed by atoms with Crippen LogP contribution in [-0.2, 0) is 9.59 Å². The van der Waals surface area contributed by atoms with Crippen molar-refractivity contribution in [1.82, 2.24) is 4.90 Å².